The largest absolute Gasteiger partial charge is 0.292 e. The molecule has 0 N–H and O–H groups in total. The van der Waals surface area contributed by atoms with Gasteiger partial charge < -0.3 is 0 Å². The van der Waals surface area contributed by atoms with Crippen molar-refractivity contribution in [3.63, 3.8) is 0 Å². The fourth-order valence-electron chi connectivity index (χ4n) is 1.88. The van der Waals surface area contributed by atoms with Crippen LogP contribution >= 0.6 is 11.6 Å². The number of carbonyl (C=O) groups excluding carboxylic acids is 1. The Balaban J connectivity index is 2.49. The first-order chi connectivity index (χ1) is 9.93. The standard InChI is InChI=1S/C15H7ClF3NO/c16-14-11(2-1-3-13(14)19)15(21)12(7-20)8-4-9(17)6-10(18)5-8/h1-6,12H. The highest BCUT2D eigenvalue weighted by atomic mass is 35.5. The molecule has 0 radical (unpaired) electrons. The Labute approximate surface area is 123 Å². The molecule has 0 heterocycles. The van der Waals surface area contributed by atoms with Crippen molar-refractivity contribution in [3.05, 3.63) is 70.0 Å². The molecule has 2 aromatic rings. The van der Waals surface area contributed by atoms with Crippen molar-refractivity contribution in [1.82, 2.24) is 0 Å². The quantitative estimate of drug-likeness (QED) is 0.795. The van der Waals surface area contributed by atoms with E-state index in [4.69, 9.17) is 16.9 Å². The summed E-state index contributed by atoms with van der Waals surface area (Å²) in [5.74, 6) is -4.95. The van der Waals surface area contributed by atoms with E-state index in [1.165, 1.54) is 12.1 Å². The topological polar surface area (TPSA) is 40.9 Å². The van der Waals surface area contributed by atoms with Crippen molar-refractivity contribution < 1.29 is 18.0 Å². The van der Waals surface area contributed by atoms with Gasteiger partial charge in [-0.2, -0.15) is 5.26 Å². The van der Waals surface area contributed by atoms with E-state index in [9.17, 15) is 18.0 Å². The molecule has 0 aliphatic rings. The lowest BCUT2D eigenvalue weighted by Crippen LogP contribution is -2.13. The molecule has 1 atom stereocenters. The summed E-state index contributed by atoms with van der Waals surface area (Å²) in [4.78, 5) is 12.3. The number of halogens is 4. The molecule has 0 aliphatic heterocycles. The van der Waals surface area contributed by atoms with Crippen LogP contribution in [0.2, 0.25) is 5.02 Å². The van der Waals surface area contributed by atoms with Gasteiger partial charge in [-0.05, 0) is 29.8 Å². The zero-order chi connectivity index (χ0) is 15.6. The van der Waals surface area contributed by atoms with E-state index in [0.717, 1.165) is 18.2 Å². The lowest BCUT2D eigenvalue weighted by Gasteiger charge is -2.10. The van der Waals surface area contributed by atoms with E-state index in [2.05, 4.69) is 0 Å². The Hall–Kier alpha value is -2.32. The summed E-state index contributed by atoms with van der Waals surface area (Å²) in [5, 5.41) is 8.67. The predicted octanol–water partition coefficient (Wildman–Crippen LogP) is 4.25. The first-order valence-electron chi connectivity index (χ1n) is 5.78. The number of nitriles is 1. The number of rotatable bonds is 3. The van der Waals surface area contributed by atoms with E-state index >= 15 is 0 Å². The molecule has 6 heteroatoms. The van der Waals surface area contributed by atoms with Gasteiger partial charge in [0, 0.05) is 11.6 Å². The molecule has 0 aliphatic carbocycles. The van der Waals surface area contributed by atoms with Crippen molar-refractivity contribution >= 4 is 17.4 Å². The first-order valence-corrected chi connectivity index (χ1v) is 6.15. The minimum atomic E-state index is -1.48. The average Bonchev–Trinajstić information content (AvgIpc) is 2.41. The van der Waals surface area contributed by atoms with E-state index < -0.39 is 34.2 Å². The first kappa shape index (κ1) is 15.1. The third-order valence-electron chi connectivity index (χ3n) is 2.83. The molecule has 0 spiro atoms. The van der Waals surface area contributed by atoms with Crippen molar-refractivity contribution in [2.24, 2.45) is 0 Å². The number of hydrogen-bond donors (Lipinski definition) is 0. The normalized spacial score (nSPS) is 11.8. The molecule has 2 nitrogen and oxygen atoms in total. The second kappa shape index (κ2) is 5.98. The summed E-state index contributed by atoms with van der Waals surface area (Å²) < 4.78 is 39.7. The Bertz CT molecular complexity index is 735. The van der Waals surface area contributed by atoms with Crippen LogP contribution in [-0.2, 0) is 0 Å². The molecule has 0 fully saturated rings. The van der Waals surface area contributed by atoms with Gasteiger partial charge in [-0.3, -0.25) is 4.79 Å². The van der Waals surface area contributed by atoms with Crippen molar-refractivity contribution in [3.8, 4) is 6.07 Å². The molecule has 0 saturated carbocycles. The SMILES string of the molecule is N#CC(C(=O)c1cccc(F)c1Cl)c1cc(F)cc(F)c1. The number of benzene rings is 2. The molecular weight excluding hydrogens is 303 g/mol. The highest BCUT2D eigenvalue weighted by Gasteiger charge is 2.25. The van der Waals surface area contributed by atoms with Gasteiger partial charge in [0.15, 0.2) is 5.78 Å². The summed E-state index contributed by atoms with van der Waals surface area (Å²) >= 11 is 5.69. The lowest BCUT2D eigenvalue weighted by molar-refractivity contribution is 0.0978. The molecule has 0 aromatic heterocycles. The minimum absolute atomic E-state index is 0.152. The van der Waals surface area contributed by atoms with E-state index in [1.54, 1.807) is 6.07 Å². The fraction of sp³-hybridized carbons (Fsp3) is 0.0667. The summed E-state index contributed by atoms with van der Waals surface area (Å²) in [5.41, 5.74) is -0.367. The van der Waals surface area contributed by atoms with Crippen LogP contribution in [0.4, 0.5) is 13.2 Å². The Morgan fingerprint density at radius 2 is 1.76 bits per heavy atom. The highest BCUT2D eigenvalue weighted by molar-refractivity contribution is 6.34. The van der Waals surface area contributed by atoms with Crippen LogP contribution in [-0.4, -0.2) is 5.78 Å². The van der Waals surface area contributed by atoms with Gasteiger partial charge in [-0.15, -0.1) is 0 Å². The maximum Gasteiger partial charge on any atom is 0.186 e. The second-order valence-electron chi connectivity index (χ2n) is 4.23. The molecule has 1 unspecified atom stereocenters. The maximum absolute atomic E-state index is 13.4. The number of ketones is 1. The van der Waals surface area contributed by atoms with E-state index in [0.29, 0.717) is 6.07 Å². The van der Waals surface area contributed by atoms with Crippen LogP contribution < -0.4 is 0 Å². The van der Waals surface area contributed by atoms with Crippen LogP contribution in [0, 0.1) is 28.8 Å². The van der Waals surface area contributed by atoms with Gasteiger partial charge >= 0.3 is 0 Å². The van der Waals surface area contributed by atoms with Crippen LogP contribution in [0.15, 0.2) is 36.4 Å². The van der Waals surface area contributed by atoms with Crippen molar-refractivity contribution in [1.29, 1.82) is 5.26 Å². The molecule has 21 heavy (non-hydrogen) atoms. The van der Waals surface area contributed by atoms with Gasteiger partial charge in [-0.25, -0.2) is 13.2 Å². The second-order valence-corrected chi connectivity index (χ2v) is 4.61. The third kappa shape index (κ3) is 3.06. The van der Waals surface area contributed by atoms with Crippen LogP contribution in [0.3, 0.4) is 0 Å². The van der Waals surface area contributed by atoms with E-state index in [-0.39, 0.29) is 11.1 Å². The molecular formula is C15H7ClF3NO. The number of nitrogens with zero attached hydrogens (tertiary/aromatic N) is 1. The zero-order valence-electron chi connectivity index (χ0n) is 10.4. The molecule has 2 rings (SSSR count). The van der Waals surface area contributed by atoms with Crippen molar-refractivity contribution in [2.75, 3.05) is 0 Å². The number of carbonyl (C=O) groups is 1. The smallest absolute Gasteiger partial charge is 0.186 e. The summed E-state index contributed by atoms with van der Waals surface area (Å²) in [7, 11) is 0. The Morgan fingerprint density at radius 1 is 1.14 bits per heavy atom. The summed E-state index contributed by atoms with van der Waals surface area (Å²) in [6.07, 6.45) is 0. The molecule has 0 amide bonds. The molecule has 2 aromatic carbocycles. The van der Waals surface area contributed by atoms with E-state index in [1.807, 2.05) is 0 Å². The maximum atomic E-state index is 13.4. The van der Waals surface area contributed by atoms with Gasteiger partial charge in [0.05, 0.1) is 11.1 Å². The van der Waals surface area contributed by atoms with Crippen LogP contribution in [0.25, 0.3) is 0 Å². The molecule has 0 saturated heterocycles. The molecule has 0 bridgehead atoms. The monoisotopic (exact) mass is 309 g/mol. The van der Waals surface area contributed by atoms with Gasteiger partial charge in [0.2, 0.25) is 0 Å². The highest BCUT2D eigenvalue weighted by Crippen LogP contribution is 2.27. The zero-order valence-corrected chi connectivity index (χ0v) is 11.2. The summed E-state index contributed by atoms with van der Waals surface area (Å²) in [6.45, 7) is 0. The number of hydrogen-bond acceptors (Lipinski definition) is 2. The van der Waals surface area contributed by atoms with Gasteiger partial charge in [-0.1, -0.05) is 17.7 Å². The Morgan fingerprint density at radius 3 is 2.33 bits per heavy atom. The van der Waals surface area contributed by atoms with Crippen molar-refractivity contribution in [2.45, 2.75) is 5.92 Å². The lowest BCUT2D eigenvalue weighted by atomic mass is 9.91. The van der Waals surface area contributed by atoms with Gasteiger partial charge in [0.1, 0.15) is 23.4 Å². The average molecular weight is 310 g/mol. The van der Waals surface area contributed by atoms with Gasteiger partial charge in [0.25, 0.3) is 0 Å². The van der Waals surface area contributed by atoms with Crippen LogP contribution in [0.1, 0.15) is 21.8 Å². The fourth-order valence-corrected chi connectivity index (χ4v) is 2.10. The third-order valence-corrected chi connectivity index (χ3v) is 3.21. The molecule has 106 valence electrons. The predicted molar refractivity (Wildman–Crippen MR) is 70.5 cm³/mol. The summed E-state index contributed by atoms with van der Waals surface area (Å²) in [6, 6.07) is 7.59. The Kier molecular flexibility index (Phi) is 4.29. The number of Topliss-reactive ketones (excluding diaryl/α,β-unsaturated/α-hetero) is 1. The minimum Gasteiger partial charge on any atom is -0.292 e. The van der Waals surface area contributed by atoms with Crippen LogP contribution in [0.5, 0.6) is 0 Å².